The molecular formula is C128H130B2Br4N2O4S2. The fourth-order valence-electron chi connectivity index (χ4n) is 22.4. The van der Waals surface area contributed by atoms with Gasteiger partial charge in [0.05, 0.1) is 39.4 Å². The van der Waals surface area contributed by atoms with Gasteiger partial charge in [-0.3, -0.25) is 0 Å². The second-order valence-corrected chi connectivity index (χ2v) is 48.0. The zero-order valence-electron chi connectivity index (χ0n) is 84.0. The number of fused-ring (bicyclic) bond motifs is 10. The van der Waals surface area contributed by atoms with E-state index in [0.29, 0.717) is 26.4 Å². The molecule has 4 heterocycles. The van der Waals surface area contributed by atoms with Gasteiger partial charge in [-0.05, 0) is 324 Å². The highest BCUT2D eigenvalue weighted by atomic mass is 79.9. The second kappa shape index (κ2) is 45.1. The average Bonchev–Trinajstić information content (AvgIpc) is 1.51. The third kappa shape index (κ3) is 21.2. The summed E-state index contributed by atoms with van der Waals surface area (Å²) >= 11 is 18.5. The van der Waals surface area contributed by atoms with Gasteiger partial charge in [-0.25, -0.2) is 0 Å². The van der Waals surface area contributed by atoms with Crippen LogP contribution in [0, 0.1) is 0 Å². The Morgan fingerprint density at radius 3 is 1.04 bits per heavy atom. The first-order valence-corrected chi connectivity index (χ1v) is 56.8. The fourth-order valence-corrected chi connectivity index (χ4v) is 26.3. The third-order valence-corrected chi connectivity index (χ3v) is 34.2. The van der Waals surface area contributed by atoms with Gasteiger partial charge in [0.2, 0.25) is 0 Å². The molecule has 2 aromatic heterocycles. The number of thiophene rings is 2. The van der Waals surface area contributed by atoms with Crippen LogP contribution in [-0.4, -0.2) is 40.7 Å². The largest absolute Gasteiger partial charge is 0.494 e. The molecule has 0 amide bonds. The van der Waals surface area contributed by atoms with E-state index >= 15 is 0 Å². The highest BCUT2D eigenvalue weighted by Gasteiger charge is 2.51. The number of unbranched alkanes of at least 4 members (excludes halogenated alkanes) is 12. The molecule has 2 aliphatic heterocycles. The number of anilines is 6. The number of hydrogen-bond donors (Lipinski definition) is 0. The summed E-state index contributed by atoms with van der Waals surface area (Å²) in [5.74, 6) is 0. The number of nitrogens with zero attached hydrogens (tertiary/aromatic N) is 2. The monoisotopic (exact) mass is 2160 g/mol. The minimum absolute atomic E-state index is 0.0309. The van der Waals surface area contributed by atoms with Gasteiger partial charge in [0.15, 0.2) is 0 Å². The van der Waals surface area contributed by atoms with E-state index in [2.05, 4.69) is 458 Å². The molecule has 4 aliphatic rings. The molecule has 2 saturated heterocycles. The molecule has 17 aromatic rings. The standard InChI is InChI=1S/C60H76B2O4.C38H38Br2N2.C30H16Br2S2/c1-9-11-13-15-17-19-33-59(34-20-18-16-14-12-10-2)53-39-47(61-63-35-36-64-61)29-31-49(53)51-42-56-52(41-54(51)59)50-32-30-48(62-65-37-38-66-62)40-55(50)60(56,45-25-21-43(22-26-45)57(3,4)5)46-27-23-44(24-28-46)58(6,7)8;1-3-5-7-29-9-17-33(18-10-29)41(35-21-13-31(39)14-22-35)37-25-27-38(28-26-37)42(36-23-15-32(40)16-24-36)34-19-11-30(12-20-34)8-6-4-2;31-25-15-23-27(21-13-5-9-17-7-1-3-11-19(17)21)29-24(16-26(32)33-29)28(30(23)34-25)22-14-6-10-18-8-2-4-12-20(18)22/h21-32,39-42H,9-20,33-38H2,1-8H3;9-28H,3-8H2,1-2H3;1-16H. The lowest BCUT2D eigenvalue weighted by Crippen LogP contribution is -2.35. The summed E-state index contributed by atoms with van der Waals surface area (Å²) in [7, 11) is -0.678. The lowest BCUT2D eigenvalue weighted by atomic mass is 9.65. The maximum atomic E-state index is 6.24. The lowest BCUT2D eigenvalue weighted by molar-refractivity contribution is 0.365. The molecule has 0 bridgehead atoms. The summed E-state index contributed by atoms with van der Waals surface area (Å²) in [5.41, 5.74) is 32.8. The van der Waals surface area contributed by atoms with E-state index in [-0.39, 0.29) is 30.5 Å². The van der Waals surface area contributed by atoms with Gasteiger partial charge in [-0.2, -0.15) is 0 Å². The van der Waals surface area contributed by atoms with Crippen LogP contribution in [0.15, 0.2) is 332 Å². The molecule has 0 atom stereocenters. The molecular weight excluding hydrogens is 2030 g/mol. The Morgan fingerprint density at radius 2 is 0.634 bits per heavy atom. The van der Waals surface area contributed by atoms with Gasteiger partial charge < -0.3 is 28.4 Å². The third-order valence-electron chi connectivity index (χ3n) is 29.8. The molecule has 0 radical (unpaired) electrons. The molecule has 21 rings (SSSR count). The Morgan fingerprint density at radius 1 is 0.303 bits per heavy atom. The van der Waals surface area contributed by atoms with Crippen LogP contribution in [0.5, 0.6) is 0 Å². The van der Waals surface area contributed by atoms with Gasteiger partial charge >= 0.3 is 14.2 Å². The van der Waals surface area contributed by atoms with Crippen LogP contribution in [0.4, 0.5) is 34.1 Å². The average molecular weight is 2170 g/mol. The SMILES string of the molecule is Brc1cc2c(-c3cccc4ccccc34)c3sc(Br)cc3c(-c3cccc4ccccc34)c2s1.CCCCCCCCC1(CCCCCCCC)c2cc(B3OCCO3)ccc2-c2cc3c(cc21)-c1ccc(B2OCCO2)cc1C3(c1ccc(C(C)(C)C)cc1)c1ccc(C(C)(C)C)cc1.CCCCc1ccc(N(c2ccc(Br)cc2)c2ccc(N(c3ccc(Br)cc3)c3ccc(CCCC)cc3)cc2)cc1. The van der Waals surface area contributed by atoms with Crippen molar-refractivity contribution in [2.45, 2.75) is 219 Å². The minimum atomic E-state index is -0.587. The van der Waals surface area contributed by atoms with E-state index in [1.54, 1.807) is 0 Å². The van der Waals surface area contributed by atoms with E-state index in [4.69, 9.17) is 18.6 Å². The van der Waals surface area contributed by atoms with Crippen molar-refractivity contribution in [3.63, 3.8) is 0 Å². The highest BCUT2D eigenvalue weighted by Crippen LogP contribution is 2.63. The van der Waals surface area contributed by atoms with Gasteiger partial charge in [0, 0.05) is 79.8 Å². The molecule has 6 nitrogen and oxygen atoms in total. The molecule has 2 aliphatic carbocycles. The van der Waals surface area contributed by atoms with Crippen molar-refractivity contribution in [2.24, 2.45) is 0 Å². The Balaban J connectivity index is 0.000000144. The van der Waals surface area contributed by atoms with Crippen LogP contribution < -0.4 is 20.7 Å². The summed E-state index contributed by atoms with van der Waals surface area (Å²) in [6, 6.07) is 118. The molecule has 0 saturated carbocycles. The number of halogens is 4. The molecule has 0 spiro atoms. The van der Waals surface area contributed by atoms with Crippen molar-refractivity contribution in [1.82, 2.24) is 0 Å². The Hall–Kier alpha value is -9.77. The Bertz CT molecular complexity index is 6840. The lowest BCUT2D eigenvalue weighted by Gasteiger charge is -2.36. The van der Waals surface area contributed by atoms with Crippen LogP contribution in [0.3, 0.4) is 0 Å². The van der Waals surface area contributed by atoms with Crippen molar-refractivity contribution in [2.75, 3.05) is 36.2 Å². The van der Waals surface area contributed by atoms with Crippen LogP contribution in [0.2, 0.25) is 0 Å². The molecule has 722 valence electrons. The topological polar surface area (TPSA) is 43.4 Å². The summed E-state index contributed by atoms with van der Waals surface area (Å²) in [6.07, 6.45) is 24.9. The van der Waals surface area contributed by atoms with E-state index in [9.17, 15) is 0 Å². The van der Waals surface area contributed by atoms with E-state index < -0.39 is 5.41 Å². The summed E-state index contributed by atoms with van der Waals surface area (Å²) in [4.78, 5) is 4.65. The Labute approximate surface area is 885 Å². The van der Waals surface area contributed by atoms with Crippen molar-refractivity contribution in [1.29, 1.82) is 0 Å². The molecule has 14 heteroatoms. The first-order chi connectivity index (χ1) is 69.1. The van der Waals surface area contributed by atoms with Crippen molar-refractivity contribution in [3.05, 3.63) is 388 Å². The number of rotatable bonds is 32. The highest BCUT2D eigenvalue weighted by molar-refractivity contribution is 9.11. The molecule has 0 N–H and O–H groups in total. The number of aryl methyl sites for hydroxylation is 2. The summed E-state index contributed by atoms with van der Waals surface area (Å²) < 4.78 is 32.0. The van der Waals surface area contributed by atoms with Crippen LogP contribution in [-0.2, 0) is 53.1 Å². The van der Waals surface area contributed by atoms with Crippen LogP contribution in [0.1, 0.15) is 240 Å². The maximum absolute atomic E-state index is 6.24. The zero-order chi connectivity index (χ0) is 98.2. The van der Waals surface area contributed by atoms with E-state index in [1.165, 1.54) is 245 Å². The van der Waals surface area contributed by atoms with Crippen LogP contribution in [0.25, 0.3) is 86.2 Å². The summed E-state index contributed by atoms with van der Waals surface area (Å²) in [6.45, 7) is 25.5. The predicted octanol–water partition coefficient (Wildman–Crippen LogP) is 38.0. The first kappa shape index (κ1) is 101. The quantitative estimate of drug-likeness (QED) is 0.0309. The molecule has 142 heavy (non-hydrogen) atoms. The molecule has 2 fully saturated rings. The number of hydrogen-bond acceptors (Lipinski definition) is 8. The smallest absolute Gasteiger partial charge is 0.405 e. The normalized spacial score (nSPS) is 14.0. The predicted molar refractivity (Wildman–Crippen MR) is 625 cm³/mol. The zero-order valence-corrected chi connectivity index (χ0v) is 92.0. The van der Waals surface area contributed by atoms with Gasteiger partial charge in [-0.1, -0.05) is 385 Å². The first-order valence-electron chi connectivity index (χ1n) is 52.0. The van der Waals surface area contributed by atoms with E-state index in [0.717, 1.165) is 87.3 Å². The van der Waals surface area contributed by atoms with Gasteiger partial charge in [-0.15, -0.1) is 22.7 Å². The molecule has 0 unspecified atom stereocenters. The molecule has 15 aromatic carbocycles. The second-order valence-electron chi connectivity index (χ2n) is 41.3. The Kier molecular flexibility index (Phi) is 32.0. The minimum Gasteiger partial charge on any atom is -0.405 e. The van der Waals surface area contributed by atoms with Crippen molar-refractivity contribution < 1.29 is 18.6 Å². The van der Waals surface area contributed by atoms with Crippen molar-refractivity contribution >= 4 is 187 Å². The van der Waals surface area contributed by atoms with Crippen molar-refractivity contribution in [3.8, 4) is 44.5 Å². The van der Waals surface area contributed by atoms with Crippen LogP contribution >= 0.6 is 86.4 Å². The number of benzene rings is 15. The fraction of sp³-hybridized carbons (Fsp3) is 0.297. The van der Waals surface area contributed by atoms with Gasteiger partial charge in [0.25, 0.3) is 0 Å². The van der Waals surface area contributed by atoms with E-state index in [1.807, 2.05) is 22.7 Å². The summed E-state index contributed by atoms with van der Waals surface area (Å²) in [5, 5.41) is 7.72. The maximum Gasteiger partial charge on any atom is 0.494 e. The van der Waals surface area contributed by atoms with Gasteiger partial charge in [0.1, 0.15) is 0 Å².